The van der Waals surface area contributed by atoms with Gasteiger partial charge in [0, 0.05) is 0 Å². The molecule has 2 aromatic rings. The maximum absolute atomic E-state index is 6.14. The number of hydrogen-bond acceptors (Lipinski definition) is 5. The van der Waals surface area contributed by atoms with Gasteiger partial charge in [0.25, 0.3) is 0 Å². The van der Waals surface area contributed by atoms with Crippen molar-refractivity contribution in [2.24, 2.45) is 5.73 Å². The van der Waals surface area contributed by atoms with E-state index in [0.717, 1.165) is 18.5 Å². The van der Waals surface area contributed by atoms with Gasteiger partial charge in [0.2, 0.25) is 0 Å². The van der Waals surface area contributed by atoms with E-state index in [1.54, 1.807) is 0 Å². The Morgan fingerprint density at radius 3 is 2.93 bits per heavy atom. The van der Waals surface area contributed by atoms with E-state index < -0.39 is 0 Å². The van der Waals surface area contributed by atoms with Crippen LogP contribution < -0.4 is 5.73 Å². The molecule has 0 radical (unpaired) electrons. The third-order valence-electron chi connectivity index (χ3n) is 2.83. The second kappa shape index (κ2) is 2.48. The van der Waals surface area contributed by atoms with Crippen molar-refractivity contribution in [3.8, 4) is 0 Å². The number of hydrogen-bond donors (Lipinski definition) is 1. The third-order valence-corrected chi connectivity index (χ3v) is 2.83. The number of nitrogens with zero attached hydrogens (tertiary/aromatic N) is 5. The Hall–Kier alpha value is -1.56. The van der Waals surface area contributed by atoms with Gasteiger partial charge in [0.1, 0.15) is 0 Å². The summed E-state index contributed by atoms with van der Waals surface area (Å²) < 4.78 is 1.42. The zero-order valence-electron chi connectivity index (χ0n) is 7.59. The van der Waals surface area contributed by atoms with Crippen LogP contribution in [0.5, 0.6) is 0 Å². The molecule has 0 saturated heterocycles. The first-order chi connectivity index (χ1) is 6.78. The lowest BCUT2D eigenvalue weighted by molar-refractivity contribution is 0.243. The van der Waals surface area contributed by atoms with Crippen LogP contribution in [0.1, 0.15) is 25.0 Å². The molecule has 0 bridgehead atoms. The summed E-state index contributed by atoms with van der Waals surface area (Å²) in [5, 5.41) is 15.3. The summed E-state index contributed by atoms with van der Waals surface area (Å²) in [5.41, 5.74) is 7.42. The standard InChI is InChI=1S/C8H10N6/c9-8(4-1-5-8)6-2-3-7-10-12-13-14(7)11-6/h2-3H,1,4-5,9H2. The highest BCUT2D eigenvalue weighted by molar-refractivity contribution is 5.34. The summed E-state index contributed by atoms with van der Waals surface area (Å²) in [6.45, 7) is 0. The minimum Gasteiger partial charge on any atom is -0.320 e. The van der Waals surface area contributed by atoms with Gasteiger partial charge in [-0.15, -0.1) is 14.8 Å². The van der Waals surface area contributed by atoms with Gasteiger partial charge in [0.15, 0.2) is 5.65 Å². The monoisotopic (exact) mass is 190 g/mol. The summed E-state index contributed by atoms with van der Waals surface area (Å²) in [4.78, 5) is 0. The molecular formula is C8H10N6. The fourth-order valence-corrected chi connectivity index (χ4v) is 1.73. The number of rotatable bonds is 1. The Labute approximate surface area is 80.1 Å². The Morgan fingerprint density at radius 1 is 1.36 bits per heavy atom. The highest BCUT2D eigenvalue weighted by Gasteiger charge is 2.36. The van der Waals surface area contributed by atoms with E-state index in [1.807, 2.05) is 12.1 Å². The molecule has 1 aliphatic carbocycles. The summed E-state index contributed by atoms with van der Waals surface area (Å²) in [6, 6.07) is 3.75. The van der Waals surface area contributed by atoms with Gasteiger partial charge in [-0.2, -0.15) is 0 Å². The molecule has 14 heavy (non-hydrogen) atoms. The van der Waals surface area contributed by atoms with Crippen LogP contribution in [0.3, 0.4) is 0 Å². The summed E-state index contributed by atoms with van der Waals surface area (Å²) in [6.07, 6.45) is 3.16. The molecule has 72 valence electrons. The molecule has 1 saturated carbocycles. The van der Waals surface area contributed by atoms with Gasteiger partial charge < -0.3 is 5.73 Å². The van der Waals surface area contributed by atoms with Gasteiger partial charge in [0.05, 0.1) is 11.2 Å². The zero-order valence-corrected chi connectivity index (χ0v) is 7.59. The molecule has 6 heteroatoms. The van der Waals surface area contributed by atoms with Crippen molar-refractivity contribution >= 4 is 5.65 Å². The van der Waals surface area contributed by atoms with Crippen molar-refractivity contribution in [3.05, 3.63) is 17.8 Å². The molecular weight excluding hydrogens is 180 g/mol. The minimum atomic E-state index is -0.250. The van der Waals surface area contributed by atoms with E-state index >= 15 is 0 Å². The van der Waals surface area contributed by atoms with Gasteiger partial charge in [-0.1, -0.05) is 0 Å². The Kier molecular flexibility index (Phi) is 1.38. The number of fused-ring (bicyclic) bond motifs is 1. The molecule has 2 heterocycles. The topological polar surface area (TPSA) is 82.0 Å². The van der Waals surface area contributed by atoms with Crippen molar-refractivity contribution in [2.45, 2.75) is 24.8 Å². The van der Waals surface area contributed by atoms with Crippen LogP contribution in [-0.4, -0.2) is 25.3 Å². The molecule has 0 spiro atoms. The molecule has 0 unspecified atom stereocenters. The number of tetrazole rings is 1. The predicted molar refractivity (Wildman–Crippen MR) is 48.3 cm³/mol. The molecule has 1 fully saturated rings. The lowest BCUT2D eigenvalue weighted by Gasteiger charge is -2.36. The van der Waals surface area contributed by atoms with Gasteiger partial charge >= 0.3 is 0 Å². The van der Waals surface area contributed by atoms with Crippen molar-refractivity contribution in [1.82, 2.24) is 25.3 Å². The first-order valence-corrected chi connectivity index (χ1v) is 4.63. The molecule has 0 aliphatic heterocycles. The van der Waals surface area contributed by atoms with E-state index in [2.05, 4.69) is 20.6 Å². The third kappa shape index (κ3) is 0.941. The maximum atomic E-state index is 6.14. The average molecular weight is 190 g/mol. The fraction of sp³-hybridized carbons (Fsp3) is 0.500. The average Bonchev–Trinajstić information content (AvgIpc) is 2.60. The van der Waals surface area contributed by atoms with Crippen LogP contribution in [0.2, 0.25) is 0 Å². The van der Waals surface area contributed by atoms with Gasteiger partial charge in [-0.25, -0.2) is 0 Å². The van der Waals surface area contributed by atoms with E-state index in [-0.39, 0.29) is 5.54 Å². The van der Waals surface area contributed by atoms with Crippen molar-refractivity contribution < 1.29 is 0 Å². The summed E-state index contributed by atoms with van der Waals surface area (Å²) >= 11 is 0. The normalized spacial score (nSPS) is 19.5. The van der Waals surface area contributed by atoms with E-state index in [4.69, 9.17) is 5.73 Å². The van der Waals surface area contributed by atoms with Crippen LogP contribution >= 0.6 is 0 Å². The van der Waals surface area contributed by atoms with Gasteiger partial charge in [-0.3, -0.25) is 0 Å². The highest BCUT2D eigenvalue weighted by Crippen LogP contribution is 2.37. The number of nitrogens with two attached hydrogens (primary N) is 1. The smallest absolute Gasteiger partial charge is 0.199 e. The Bertz CT molecular complexity index is 471. The first-order valence-electron chi connectivity index (χ1n) is 4.63. The van der Waals surface area contributed by atoms with Gasteiger partial charge in [-0.05, 0) is 41.8 Å². The lowest BCUT2D eigenvalue weighted by atomic mass is 9.75. The minimum absolute atomic E-state index is 0.250. The highest BCUT2D eigenvalue weighted by atomic mass is 15.6. The first kappa shape index (κ1) is 7.81. The molecule has 2 N–H and O–H groups in total. The van der Waals surface area contributed by atoms with Crippen molar-refractivity contribution in [2.75, 3.05) is 0 Å². The molecule has 0 amide bonds. The molecule has 2 aromatic heterocycles. The Morgan fingerprint density at radius 2 is 2.21 bits per heavy atom. The molecule has 0 aromatic carbocycles. The zero-order chi connectivity index (χ0) is 9.60. The molecule has 6 nitrogen and oxygen atoms in total. The SMILES string of the molecule is NC1(c2ccc3nnnn3n2)CCC1. The van der Waals surface area contributed by atoms with Crippen LogP contribution in [0.15, 0.2) is 12.1 Å². The second-order valence-electron chi connectivity index (χ2n) is 3.75. The number of aromatic nitrogens is 5. The van der Waals surface area contributed by atoms with Crippen LogP contribution in [0, 0.1) is 0 Å². The summed E-state index contributed by atoms with van der Waals surface area (Å²) in [5.74, 6) is 0. The van der Waals surface area contributed by atoms with Crippen molar-refractivity contribution in [1.29, 1.82) is 0 Å². The van der Waals surface area contributed by atoms with E-state index in [1.165, 1.54) is 11.1 Å². The predicted octanol–water partition coefficient (Wildman–Crippen LogP) is -0.143. The fourth-order valence-electron chi connectivity index (χ4n) is 1.73. The maximum Gasteiger partial charge on any atom is 0.199 e. The van der Waals surface area contributed by atoms with Crippen LogP contribution in [-0.2, 0) is 5.54 Å². The molecule has 0 atom stereocenters. The molecule has 3 rings (SSSR count). The van der Waals surface area contributed by atoms with Crippen LogP contribution in [0.25, 0.3) is 5.65 Å². The van der Waals surface area contributed by atoms with E-state index in [9.17, 15) is 0 Å². The second-order valence-corrected chi connectivity index (χ2v) is 3.75. The Balaban J connectivity index is 2.13. The quantitative estimate of drug-likeness (QED) is 0.676. The van der Waals surface area contributed by atoms with E-state index in [0.29, 0.717) is 5.65 Å². The van der Waals surface area contributed by atoms with Crippen LogP contribution in [0.4, 0.5) is 0 Å². The molecule has 1 aliphatic rings. The summed E-state index contributed by atoms with van der Waals surface area (Å²) in [7, 11) is 0. The van der Waals surface area contributed by atoms with Crippen molar-refractivity contribution in [3.63, 3.8) is 0 Å². The lowest BCUT2D eigenvalue weighted by Crippen LogP contribution is -2.44. The largest absolute Gasteiger partial charge is 0.320 e.